The predicted molar refractivity (Wildman–Crippen MR) is 134 cm³/mol. The van der Waals surface area contributed by atoms with Crippen molar-refractivity contribution in [2.24, 2.45) is 0 Å². The Morgan fingerprint density at radius 3 is 2.73 bits per heavy atom. The molecule has 10 heteroatoms. The molecule has 0 radical (unpaired) electrons. The standard InChI is InChI=1S/C23H31N5O3S.ClH/c1-16(2)28-20(14-17(3)25-28)22(29)27(9-5-8-26-10-12-31-13-11-26)23-24-19-7-6-18(30-4)15-21(19)32-23;/h6-7,14-16H,5,8-13H2,1-4H3;1H. The second kappa shape index (κ2) is 11.3. The molecule has 33 heavy (non-hydrogen) atoms. The fourth-order valence-corrected chi connectivity index (χ4v) is 4.92. The molecule has 1 saturated heterocycles. The number of anilines is 1. The smallest absolute Gasteiger partial charge is 0.278 e. The van der Waals surface area contributed by atoms with Crippen LogP contribution in [0.5, 0.6) is 5.75 Å². The minimum atomic E-state index is -0.0627. The lowest BCUT2D eigenvalue weighted by atomic mass is 10.2. The van der Waals surface area contributed by atoms with E-state index in [4.69, 9.17) is 14.5 Å². The Morgan fingerprint density at radius 2 is 2.03 bits per heavy atom. The van der Waals surface area contributed by atoms with Crippen molar-refractivity contribution in [1.29, 1.82) is 0 Å². The van der Waals surface area contributed by atoms with Crippen molar-refractivity contribution in [3.8, 4) is 5.75 Å². The zero-order valence-corrected chi connectivity index (χ0v) is 21.2. The summed E-state index contributed by atoms with van der Waals surface area (Å²) in [4.78, 5) is 22.7. The Morgan fingerprint density at radius 1 is 1.27 bits per heavy atom. The van der Waals surface area contributed by atoms with Gasteiger partial charge in [0, 0.05) is 32.2 Å². The molecule has 1 fully saturated rings. The van der Waals surface area contributed by atoms with Crippen LogP contribution in [0.2, 0.25) is 0 Å². The lowest BCUT2D eigenvalue weighted by molar-refractivity contribution is 0.0376. The molecular weight excluding hydrogens is 462 g/mol. The molecular formula is C23H32ClN5O3S. The number of morpholine rings is 1. The molecule has 1 aromatic carbocycles. The third-order valence-electron chi connectivity index (χ3n) is 5.59. The van der Waals surface area contributed by atoms with E-state index in [0.29, 0.717) is 17.4 Å². The number of nitrogens with zero attached hydrogens (tertiary/aromatic N) is 5. The van der Waals surface area contributed by atoms with Gasteiger partial charge in [0.15, 0.2) is 5.13 Å². The normalized spacial score (nSPS) is 14.5. The molecule has 2 aromatic heterocycles. The van der Waals surface area contributed by atoms with Crippen LogP contribution in [-0.2, 0) is 4.74 Å². The van der Waals surface area contributed by atoms with Crippen molar-refractivity contribution in [3.05, 3.63) is 35.7 Å². The zero-order chi connectivity index (χ0) is 22.7. The molecule has 1 aliphatic heterocycles. The van der Waals surface area contributed by atoms with Gasteiger partial charge in [0.1, 0.15) is 11.4 Å². The quantitative estimate of drug-likeness (QED) is 0.468. The van der Waals surface area contributed by atoms with Crippen molar-refractivity contribution in [2.45, 2.75) is 33.2 Å². The number of hydrogen-bond acceptors (Lipinski definition) is 7. The predicted octanol–water partition coefficient (Wildman–Crippen LogP) is 4.18. The van der Waals surface area contributed by atoms with Gasteiger partial charge in [-0.05, 0) is 51.5 Å². The van der Waals surface area contributed by atoms with E-state index in [9.17, 15) is 4.79 Å². The molecule has 3 heterocycles. The summed E-state index contributed by atoms with van der Waals surface area (Å²) in [5.41, 5.74) is 2.30. The topological polar surface area (TPSA) is 72.7 Å². The fraction of sp³-hybridized carbons (Fsp3) is 0.522. The first kappa shape index (κ1) is 25.4. The largest absolute Gasteiger partial charge is 0.497 e. The Bertz CT molecular complexity index is 1080. The first-order chi connectivity index (χ1) is 15.5. The number of amides is 1. The Labute approximate surface area is 204 Å². The highest BCUT2D eigenvalue weighted by atomic mass is 35.5. The first-order valence-corrected chi connectivity index (χ1v) is 11.9. The summed E-state index contributed by atoms with van der Waals surface area (Å²) in [6.07, 6.45) is 0.861. The van der Waals surface area contributed by atoms with Gasteiger partial charge in [-0.1, -0.05) is 11.3 Å². The van der Waals surface area contributed by atoms with E-state index in [1.54, 1.807) is 7.11 Å². The summed E-state index contributed by atoms with van der Waals surface area (Å²) < 4.78 is 13.6. The monoisotopic (exact) mass is 493 g/mol. The summed E-state index contributed by atoms with van der Waals surface area (Å²) >= 11 is 1.52. The van der Waals surface area contributed by atoms with Crippen molar-refractivity contribution in [3.63, 3.8) is 0 Å². The lowest BCUT2D eigenvalue weighted by Gasteiger charge is -2.28. The van der Waals surface area contributed by atoms with Gasteiger partial charge in [-0.15, -0.1) is 12.4 Å². The number of thiazole rings is 1. The van der Waals surface area contributed by atoms with Crippen LogP contribution < -0.4 is 9.64 Å². The molecule has 1 amide bonds. The van der Waals surface area contributed by atoms with Crippen LogP contribution in [0.3, 0.4) is 0 Å². The number of benzene rings is 1. The second-order valence-electron chi connectivity index (χ2n) is 8.30. The summed E-state index contributed by atoms with van der Waals surface area (Å²) in [6, 6.07) is 7.77. The van der Waals surface area contributed by atoms with E-state index >= 15 is 0 Å². The highest BCUT2D eigenvalue weighted by Crippen LogP contribution is 2.32. The van der Waals surface area contributed by atoms with Crippen molar-refractivity contribution >= 4 is 45.0 Å². The van der Waals surface area contributed by atoms with Crippen LogP contribution in [0, 0.1) is 6.92 Å². The number of fused-ring (bicyclic) bond motifs is 1. The highest BCUT2D eigenvalue weighted by Gasteiger charge is 2.26. The third-order valence-corrected chi connectivity index (χ3v) is 6.63. The number of aromatic nitrogens is 3. The molecule has 1 aliphatic rings. The van der Waals surface area contributed by atoms with Crippen molar-refractivity contribution < 1.29 is 14.3 Å². The lowest BCUT2D eigenvalue weighted by Crippen LogP contribution is -2.39. The van der Waals surface area contributed by atoms with E-state index < -0.39 is 0 Å². The molecule has 0 N–H and O–H groups in total. The maximum absolute atomic E-state index is 13.7. The number of carbonyl (C=O) groups excluding carboxylic acids is 1. The van der Waals surface area contributed by atoms with E-state index in [1.165, 1.54) is 11.3 Å². The Kier molecular flexibility index (Phi) is 8.69. The molecule has 0 spiro atoms. The SMILES string of the molecule is COc1ccc2nc(N(CCCN3CCOCC3)C(=O)c3cc(C)nn3C(C)C)sc2c1.Cl. The zero-order valence-electron chi connectivity index (χ0n) is 19.6. The van der Waals surface area contributed by atoms with Gasteiger partial charge in [-0.2, -0.15) is 5.10 Å². The second-order valence-corrected chi connectivity index (χ2v) is 9.31. The van der Waals surface area contributed by atoms with E-state index in [-0.39, 0.29) is 24.4 Å². The van der Waals surface area contributed by atoms with Gasteiger partial charge in [-0.25, -0.2) is 4.98 Å². The molecule has 8 nitrogen and oxygen atoms in total. The summed E-state index contributed by atoms with van der Waals surface area (Å²) in [7, 11) is 1.65. The van der Waals surface area contributed by atoms with Crippen molar-refractivity contribution in [2.75, 3.05) is 51.4 Å². The number of halogens is 1. The minimum Gasteiger partial charge on any atom is -0.497 e. The van der Waals surface area contributed by atoms with Gasteiger partial charge >= 0.3 is 0 Å². The maximum Gasteiger partial charge on any atom is 0.278 e. The summed E-state index contributed by atoms with van der Waals surface area (Å²) in [5, 5.41) is 5.24. The molecule has 0 unspecified atom stereocenters. The van der Waals surface area contributed by atoms with Gasteiger partial charge in [0.05, 0.1) is 36.2 Å². The number of hydrogen-bond donors (Lipinski definition) is 0. The van der Waals surface area contributed by atoms with Crippen LogP contribution in [0.15, 0.2) is 24.3 Å². The molecule has 0 atom stereocenters. The average molecular weight is 494 g/mol. The Balaban J connectivity index is 0.00000306. The van der Waals surface area contributed by atoms with Crippen LogP contribution in [0.1, 0.15) is 42.5 Å². The number of rotatable bonds is 8. The maximum atomic E-state index is 13.7. The van der Waals surface area contributed by atoms with Crippen molar-refractivity contribution in [1.82, 2.24) is 19.7 Å². The van der Waals surface area contributed by atoms with Gasteiger partial charge in [0.2, 0.25) is 0 Å². The van der Waals surface area contributed by atoms with E-state index in [1.807, 2.05) is 54.6 Å². The summed E-state index contributed by atoms with van der Waals surface area (Å²) in [5.74, 6) is 0.721. The Hall–Kier alpha value is -2.20. The first-order valence-electron chi connectivity index (χ1n) is 11.1. The van der Waals surface area contributed by atoms with Crippen LogP contribution in [0.25, 0.3) is 10.2 Å². The third kappa shape index (κ3) is 5.84. The van der Waals surface area contributed by atoms with E-state index in [2.05, 4.69) is 10.00 Å². The molecule has 4 rings (SSSR count). The molecule has 0 bridgehead atoms. The minimum absolute atomic E-state index is 0. The fourth-order valence-electron chi connectivity index (χ4n) is 3.90. The van der Waals surface area contributed by atoms with Crippen LogP contribution in [-0.4, -0.2) is 72.1 Å². The van der Waals surface area contributed by atoms with Gasteiger partial charge in [0.25, 0.3) is 5.91 Å². The number of ether oxygens (including phenoxy) is 2. The number of aryl methyl sites for hydroxylation is 1. The number of methoxy groups -OCH3 is 1. The molecule has 180 valence electrons. The summed E-state index contributed by atoms with van der Waals surface area (Å²) in [6.45, 7) is 10.9. The molecule has 0 saturated carbocycles. The van der Waals surface area contributed by atoms with Crippen LogP contribution >= 0.6 is 23.7 Å². The van der Waals surface area contributed by atoms with Crippen LogP contribution in [0.4, 0.5) is 5.13 Å². The number of carbonyl (C=O) groups is 1. The van der Waals surface area contributed by atoms with E-state index in [0.717, 1.165) is 60.9 Å². The molecule has 0 aliphatic carbocycles. The van der Waals surface area contributed by atoms with Gasteiger partial charge in [-0.3, -0.25) is 19.3 Å². The molecule has 3 aromatic rings. The average Bonchev–Trinajstić information content (AvgIpc) is 3.40. The highest BCUT2D eigenvalue weighted by molar-refractivity contribution is 7.22. The van der Waals surface area contributed by atoms with Gasteiger partial charge < -0.3 is 9.47 Å².